The summed E-state index contributed by atoms with van der Waals surface area (Å²) in [6, 6.07) is 11.9. The number of aromatic nitrogens is 1. The monoisotopic (exact) mass is 354 g/mol. The molecule has 5 heteroatoms. The first kappa shape index (κ1) is 18.4. The number of carbonyl (C=O) groups excluding carboxylic acids is 1. The summed E-state index contributed by atoms with van der Waals surface area (Å²) in [5, 5.41) is 0. The topological polar surface area (TPSA) is 51.7 Å². The standard InChI is InChI=1S/C21H26N2O3/c1-25-15-18-13-23(14-19(18)16-9-11-22-12-10-16)21(24)8-7-17-5-3-4-6-20(17)26-2/h3-6,9-12,18-19H,7-8,13-15H2,1-2H3. The number of ether oxygens (including phenoxy) is 2. The van der Waals surface area contributed by atoms with Gasteiger partial charge in [-0.25, -0.2) is 0 Å². The summed E-state index contributed by atoms with van der Waals surface area (Å²) in [6.07, 6.45) is 4.80. The molecule has 0 spiro atoms. The summed E-state index contributed by atoms with van der Waals surface area (Å²) < 4.78 is 10.8. The molecule has 5 nitrogen and oxygen atoms in total. The van der Waals surface area contributed by atoms with Crippen LogP contribution in [0, 0.1) is 5.92 Å². The van der Waals surface area contributed by atoms with Crippen molar-refractivity contribution in [3.63, 3.8) is 0 Å². The van der Waals surface area contributed by atoms with Gasteiger partial charge in [-0.15, -0.1) is 0 Å². The van der Waals surface area contributed by atoms with Gasteiger partial charge in [0.15, 0.2) is 0 Å². The molecule has 1 aliphatic rings. The number of pyridine rings is 1. The molecule has 138 valence electrons. The molecular weight excluding hydrogens is 328 g/mol. The first-order chi connectivity index (χ1) is 12.7. The predicted molar refractivity (Wildman–Crippen MR) is 100 cm³/mol. The Bertz CT molecular complexity index is 720. The van der Waals surface area contributed by atoms with Gasteiger partial charge in [0.25, 0.3) is 0 Å². The largest absolute Gasteiger partial charge is 0.496 e. The second-order valence-corrected chi connectivity index (χ2v) is 6.71. The summed E-state index contributed by atoms with van der Waals surface area (Å²) in [7, 11) is 3.38. The maximum Gasteiger partial charge on any atom is 0.222 e. The molecule has 0 N–H and O–H groups in total. The maximum atomic E-state index is 12.8. The normalized spacial score (nSPS) is 19.5. The van der Waals surface area contributed by atoms with E-state index in [0.717, 1.165) is 24.4 Å². The van der Waals surface area contributed by atoms with Crippen molar-refractivity contribution in [2.75, 3.05) is 33.9 Å². The number of benzene rings is 1. The zero-order valence-corrected chi connectivity index (χ0v) is 15.4. The smallest absolute Gasteiger partial charge is 0.222 e. The zero-order valence-electron chi connectivity index (χ0n) is 15.4. The van der Waals surface area contributed by atoms with E-state index in [9.17, 15) is 4.79 Å². The first-order valence-electron chi connectivity index (χ1n) is 9.01. The second kappa shape index (κ2) is 8.81. The molecule has 0 bridgehead atoms. The van der Waals surface area contributed by atoms with Crippen LogP contribution in [-0.4, -0.2) is 49.7 Å². The summed E-state index contributed by atoms with van der Waals surface area (Å²) in [4.78, 5) is 18.9. The summed E-state index contributed by atoms with van der Waals surface area (Å²) in [5.74, 6) is 1.65. The molecule has 2 unspecified atom stereocenters. The van der Waals surface area contributed by atoms with Crippen molar-refractivity contribution >= 4 is 5.91 Å². The zero-order chi connectivity index (χ0) is 18.4. The fraction of sp³-hybridized carbons (Fsp3) is 0.429. The third-order valence-corrected chi connectivity index (χ3v) is 5.11. The Balaban J connectivity index is 1.64. The SMILES string of the molecule is COCC1CN(C(=O)CCc2ccccc2OC)CC1c1ccncc1. The molecule has 1 aliphatic heterocycles. The minimum Gasteiger partial charge on any atom is -0.496 e. The van der Waals surface area contributed by atoms with Gasteiger partial charge in [0.05, 0.1) is 13.7 Å². The van der Waals surface area contributed by atoms with Crippen LogP contribution in [0.1, 0.15) is 23.5 Å². The molecule has 1 aromatic carbocycles. The highest BCUT2D eigenvalue weighted by Gasteiger charge is 2.35. The molecular formula is C21H26N2O3. The Hall–Kier alpha value is -2.40. The number of hydrogen-bond donors (Lipinski definition) is 0. The Morgan fingerprint density at radius 3 is 2.65 bits per heavy atom. The van der Waals surface area contributed by atoms with Crippen molar-refractivity contribution in [3.05, 3.63) is 59.9 Å². The van der Waals surface area contributed by atoms with Crippen molar-refractivity contribution in [1.82, 2.24) is 9.88 Å². The number of hydrogen-bond acceptors (Lipinski definition) is 4. The van der Waals surface area contributed by atoms with E-state index >= 15 is 0 Å². The summed E-state index contributed by atoms with van der Waals surface area (Å²) in [5.41, 5.74) is 2.30. The number of likely N-dealkylation sites (tertiary alicyclic amines) is 1. The van der Waals surface area contributed by atoms with Crippen LogP contribution in [0.15, 0.2) is 48.8 Å². The molecule has 0 radical (unpaired) electrons. The summed E-state index contributed by atoms with van der Waals surface area (Å²) in [6.45, 7) is 2.14. The van der Waals surface area contributed by atoms with E-state index in [1.807, 2.05) is 53.7 Å². The molecule has 1 aromatic heterocycles. The third-order valence-electron chi connectivity index (χ3n) is 5.11. The van der Waals surface area contributed by atoms with Gasteiger partial charge in [0.2, 0.25) is 5.91 Å². The lowest BCUT2D eigenvalue weighted by Crippen LogP contribution is -2.29. The van der Waals surface area contributed by atoms with E-state index in [0.29, 0.717) is 31.3 Å². The van der Waals surface area contributed by atoms with Gasteiger partial charge in [-0.3, -0.25) is 9.78 Å². The maximum absolute atomic E-state index is 12.8. The molecule has 0 saturated carbocycles. The fourth-order valence-corrected chi connectivity index (χ4v) is 3.76. The van der Waals surface area contributed by atoms with Crippen molar-refractivity contribution in [1.29, 1.82) is 0 Å². The quantitative estimate of drug-likeness (QED) is 0.767. The average Bonchev–Trinajstić information content (AvgIpc) is 3.11. The van der Waals surface area contributed by atoms with Gasteiger partial charge in [0, 0.05) is 50.8 Å². The first-order valence-corrected chi connectivity index (χ1v) is 9.01. The number of nitrogens with zero attached hydrogens (tertiary/aromatic N) is 2. The predicted octanol–water partition coefficient (Wildman–Crippen LogP) is 2.91. The highest BCUT2D eigenvalue weighted by molar-refractivity contribution is 5.77. The van der Waals surface area contributed by atoms with Gasteiger partial charge in [-0.05, 0) is 35.7 Å². The van der Waals surface area contributed by atoms with E-state index in [2.05, 4.69) is 4.98 Å². The van der Waals surface area contributed by atoms with Crippen molar-refractivity contribution in [3.8, 4) is 5.75 Å². The minimum atomic E-state index is 0.188. The van der Waals surface area contributed by atoms with Gasteiger partial charge < -0.3 is 14.4 Å². The number of rotatable bonds is 7. The van der Waals surface area contributed by atoms with Gasteiger partial charge in [-0.1, -0.05) is 18.2 Å². The van der Waals surface area contributed by atoms with Crippen LogP contribution in [0.3, 0.4) is 0 Å². The Morgan fingerprint density at radius 2 is 1.92 bits per heavy atom. The highest BCUT2D eigenvalue weighted by Crippen LogP contribution is 2.33. The number of amides is 1. The van der Waals surface area contributed by atoms with Crippen LogP contribution >= 0.6 is 0 Å². The molecule has 2 heterocycles. The van der Waals surface area contributed by atoms with E-state index < -0.39 is 0 Å². The molecule has 26 heavy (non-hydrogen) atoms. The number of aryl methyl sites for hydroxylation is 1. The Kier molecular flexibility index (Phi) is 6.23. The molecule has 1 amide bonds. The molecule has 0 aliphatic carbocycles. The Morgan fingerprint density at radius 1 is 1.15 bits per heavy atom. The van der Waals surface area contributed by atoms with Crippen LogP contribution in [-0.2, 0) is 16.0 Å². The fourth-order valence-electron chi connectivity index (χ4n) is 3.76. The molecule has 2 aromatic rings. The second-order valence-electron chi connectivity index (χ2n) is 6.71. The molecule has 1 fully saturated rings. The third kappa shape index (κ3) is 4.22. The lowest BCUT2D eigenvalue weighted by Gasteiger charge is -2.17. The van der Waals surface area contributed by atoms with E-state index in [1.165, 1.54) is 5.56 Å². The average molecular weight is 354 g/mol. The van der Waals surface area contributed by atoms with Crippen molar-refractivity contribution in [2.45, 2.75) is 18.8 Å². The minimum absolute atomic E-state index is 0.188. The van der Waals surface area contributed by atoms with Crippen LogP contribution in [0.5, 0.6) is 5.75 Å². The number of para-hydroxylation sites is 1. The van der Waals surface area contributed by atoms with Crippen molar-refractivity contribution < 1.29 is 14.3 Å². The lowest BCUT2D eigenvalue weighted by molar-refractivity contribution is -0.130. The molecule has 1 saturated heterocycles. The van der Waals surface area contributed by atoms with Gasteiger partial charge >= 0.3 is 0 Å². The molecule has 3 rings (SSSR count). The summed E-state index contributed by atoms with van der Waals surface area (Å²) >= 11 is 0. The van der Waals surface area contributed by atoms with Crippen LogP contribution in [0.2, 0.25) is 0 Å². The Labute approximate surface area is 155 Å². The van der Waals surface area contributed by atoms with Gasteiger partial charge in [0.1, 0.15) is 5.75 Å². The van der Waals surface area contributed by atoms with E-state index in [-0.39, 0.29) is 5.91 Å². The highest BCUT2D eigenvalue weighted by atomic mass is 16.5. The lowest BCUT2D eigenvalue weighted by atomic mass is 9.90. The van der Waals surface area contributed by atoms with Crippen LogP contribution in [0.4, 0.5) is 0 Å². The van der Waals surface area contributed by atoms with Crippen molar-refractivity contribution in [2.24, 2.45) is 5.92 Å². The van der Waals surface area contributed by atoms with E-state index in [1.54, 1.807) is 14.2 Å². The molecule has 2 atom stereocenters. The van der Waals surface area contributed by atoms with Crippen LogP contribution < -0.4 is 4.74 Å². The van der Waals surface area contributed by atoms with Crippen LogP contribution in [0.25, 0.3) is 0 Å². The van der Waals surface area contributed by atoms with E-state index in [4.69, 9.17) is 9.47 Å². The number of methoxy groups -OCH3 is 2. The number of carbonyl (C=O) groups is 1. The van der Waals surface area contributed by atoms with Gasteiger partial charge in [-0.2, -0.15) is 0 Å².